The van der Waals surface area contributed by atoms with Gasteiger partial charge in [-0.1, -0.05) is 43.6 Å². The third-order valence-corrected chi connectivity index (χ3v) is 7.03. The van der Waals surface area contributed by atoms with E-state index < -0.39 is 0 Å². The summed E-state index contributed by atoms with van der Waals surface area (Å²) in [4.78, 5) is 14.1. The molecule has 0 fully saturated rings. The highest BCUT2D eigenvalue weighted by molar-refractivity contribution is 7.19. The fourth-order valence-electron chi connectivity index (χ4n) is 4.10. The third kappa shape index (κ3) is 3.56. The molecule has 1 aliphatic rings. The molecule has 1 aliphatic carbocycles. The van der Waals surface area contributed by atoms with Crippen LogP contribution in [-0.4, -0.2) is 34.5 Å². The Bertz CT molecular complexity index is 935. The lowest BCUT2D eigenvalue weighted by Gasteiger charge is -2.31. The van der Waals surface area contributed by atoms with Crippen molar-refractivity contribution in [3.8, 4) is 0 Å². The van der Waals surface area contributed by atoms with Crippen LogP contribution in [0.5, 0.6) is 0 Å². The molecular formula is C21H25ClN4S. The summed E-state index contributed by atoms with van der Waals surface area (Å²) >= 11 is 8.36. The number of nitrogens with zero attached hydrogens (tertiary/aromatic N) is 3. The SMILES string of the molecule is CCN(CC)[C@@H](CNc1ncnc2sc3c(c12)CCC3)c1ccccc1Cl. The van der Waals surface area contributed by atoms with Crippen molar-refractivity contribution in [1.29, 1.82) is 0 Å². The van der Waals surface area contributed by atoms with Gasteiger partial charge in [-0.15, -0.1) is 11.3 Å². The molecule has 0 saturated carbocycles. The molecule has 1 atom stereocenters. The second-order valence-corrected chi connectivity index (χ2v) is 8.39. The van der Waals surface area contributed by atoms with Gasteiger partial charge < -0.3 is 5.32 Å². The Balaban J connectivity index is 1.65. The molecule has 0 aliphatic heterocycles. The predicted octanol–water partition coefficient (Wildman–Crippen LogP) is 5.33. The van der Waals surface area contributed by atoms with Gasteiger partial charge in [-0.2, -0.15) is 0 Å². The van der Waals surface area contributed by atoms with Gasteiger partial charge >= 0.3 is 0 Å². The van der Waals surface area contributed by atoms with Crippen molar-refractivity contribution in [3.63, 3.8) is 0 Å². The molecule has 0 spiro atoms. The highest BCUT2D eigenvalue weighted by Gasteiger charge is 2.23. The van der Waals surface area contributed by atoms with Crippen LogP contribution in [0.3, 0.4) is 0 Å². The van der Waals surface area contributed by atoms with E-state index in [1.54, 1.807) is 6.33 Å². The molecule has 0 amide bonds. The largest absolute Gasteiger partial charge is 0.367 e. The van der Waals surface area contributed by atoms with E-state index >= 15 is 0 Å². The van der Waals surface area contributed by atoms with Crippen molar-refractivity contribution in [2.45, 2.75) is 39.2 Å². The van der Waals surface area contributed by atoms with Gasteiger partial charge in [0.1, 0.15) is 17.0 Å². The van der Waals surface area contributed by atoms with Crippen molar-refractivity contribution in [3.05, 3.63) is 51.6 Å². The van der Waals surface area contributed by atoms with E-state index in [4.69, 9.17) is 11.6 Å². The van der Waals surface area contributed by atoms with E-state index in [-0.39, 0.29) is 6.04 Å². The number of thiophene rings is 1. The molecule has 2 heterocycles. The minimum absolute atomic E-state index is 0.199. The van der Waals surface area contributed by atoms with Crippen LogP contribution in [0.4, 0.5) is 5.82 Å². The number of aromatic nitrogens is 2. The molecule has 27 heavy (non-hydrogen) atoms. The molecule has 6 heteroatoms. The van der Waals surface area contributed by atoms with E-state index in [0.29, 0.717) is 0 Å². The topological polar surface area (TPSA) is 41.0 Å². The monoisotopic (exact) mass is 400 g/mol. The van der Waals surface area contributed by atoms with Crippen molar-refractivity contribution in [2.75, 3.05) is 25.0 Å². The highest BCUT2D eigenvalue weighted by atomic mass is 35.5. The van der Waals surface area contributed by atoms with Crippen molar-refractivity contribution in [2.24, 2.45) is 0 Å². The number of fused-ring (bicyclic) bond motifs is 3. The Labute approximate surface area is 169 Å². The standard InChI is InChI=1S/C21H25ClN4S/c1-3-26(4-2)17(14-8-5-6-10-16(14)22)12-23-20-19-15-9-7-11-18(15)27-21(19)25-13-24-20/h5-6,8,10,13,17H,3-4,7,9,11-12H2,1-2H3,(H,23,24,25)/t17-/m0/s1. The molecule has 142 valence electrons. The Morgan fingerprint density at radius 2 is 2.00 bits per heavy atom. The van der Waals surface area contributed by atoms with Crippen LogP contribution in [-0.2, 0) is 12.8 Å². The van der Waals surface area contributed by atoms with E-state index in [9.17, 15) is 0 Å². The minimum atomic E-state index is 0.199. The second kappa shape index (κ2) is 8.13. The first-order valence-electron chi connectivity index (χ1n) is 9.70. The van der Waals surface area contributed by atoms with Crippen molar-refractivity contribution < 1.29 is 0 Å². The van der Waals surface area contributed by atoms with E-state index in [1.807, 2.05) is 23.5 Å². The number of anilines is 1. The van der Waals surface area contributed by atoms with Gasteiger partial charge in [0.15, 0.2) is 0 Å². The molecule has 4 nitrogen and oxygen atoms in total. The Morgan fingerprint density at radius 1 is 1.19 bits per heavy atom. The van der Waals surface area contributed by atoms with Gasteiger partial charge in [0.25, 0.3) is 0 Å². The van der Waals surface area contributed by atoms with E-state index in [1.165, 1.54) is 28.7 Å². The number of benzene rings is 1. The van der Waals surface area contributed by atoms with Gasteiger partial charge in [-0.25, -0.2) is 9.97 Å². The van der Waals surface area contributed by atoms with Crippen LogP contribution >= 0.6 is 22.9 Å². The zero-order valence-electron chi connectivity index (χ0n) is 15.8. The molecular weight excluding hydrogens is 376 g/mol. The maximum Gasteiger partial charge on any atom is 0.138 e. The predicted molar refractivity (Wildman–Crippen MR) is 115 cm³/mol. The van der Waals surface area contributed by atoms with Crippen LogP contribution in [0.25, 0.3) is 10.2 Å². The van der Waals surface area contributed by atoms with Gasteiger partial charge in [-0.05, 0) is 49.5 Å². The maximum absolute atomic E-state index is 6.53. The highest BCUT2D eigenvalue weighted by Crippen LogP contribution is 2.39. The van der Waals surface area contributed by atoms with Crippen LogP contribution in [0, 0.1) is 0 Å². The van der Waals surface area contributed by atoms with Gasteiger partial charge in [0, 0.05) is 16.4 Å². The number of rotatable bonds is 7. The lowest BCUT2D eigenvalue weighted by molar-refractivity contribution is 0.228. The first-order chi connectivity index (χ1) is 13.2. The number of halogens is 1. The smallest absolute Gasteiger partial charge is 0.138 e. The number of hydrogen-bond donors (Lipinski definition) is 1. The molecule has 0 radical (unpaired) electrons. The first-order valence-corrected chi connectivity index (χ1v) is 10.9. The zero-order valence-corrected chi connectivity index (χ0v) is 17.4. The molecule has 4 rings (SSSR count). The molecule has 1 N–H and O–H groups in total. The Kier molecular flexibility index (Phi) is 5.62. The summed E-state index contributed by atoms with van der Waals surface area (Å²) in [5.74, 6) is 0.962. The summed E-state index contributed by atoms with van der Waals surface area (Å²) in [6.07, 6.45) is 5.24. The first kappa shape index (κ1) is 18.7. The van der Waals surface area contributed by atoms with Crippen LogP contribution < -0.4 is 5.32 Å². The number of likely N-dealkylation sites (N-methyl/N-ethyl adjacent to an activating group) is 1. The minimum Gasteiger partial charge on any atom is -0.367 e. The number of nitrogens with one attached hydrogen (secondary N) is 1. The summed E-state index contributed by atoms with van der Waals surface area (Å²) in [5.41, 5.74) is 2.62. The van der Waals surface area contributed by atoms with Crippen LogP contribution in [0.1, 0.15) is 42.3 Å². The number of aryl methyl sites for hydroxylation is 2. The summed E-state index contributed by atoms with van der Waals surface area (Å²) < 4.78 is 0. The molecule has 2 aromatic heterocycles. The van der Waals surface area contributed by atoms with Crippen molar-refractivity contribution >= 4 is 39.0 Å². The summed E-state index contributed by atoms with van der Waals surface area (Å²) in [6, 6.07) is 8.35. The maximum atomic E-state index is 6.53. The average molecular weight is 401 g/mol. The molecule has 0 bridgehead atoms. The van der Waals surface area contributed by atoms with Crippen LogP contribution in [0.15, 0.2) is 30.6 Å². The molecule has 3 aromatic rings. The zero-order chi connectivity index (χ0) is 18.8. The second-order valence-electron chi connectivity index (χ2n) is 6.90. The van der Waals surface area contributed by atoms with Crippen LogP contribution in [0.2, 0.25) is 5.02 Å². The Hall–Kier alpha value is -1.69. The van der Waals surface area contributed by atoms with E-state index in [2.05, 4.69) is 46.2 Å². The van der Waals surface area contributed by atoms with Gasteiger partial charge in [0.2, 0.25) is 0 Å². The summed E-state index contributed by atoms with van der Waals surface area (Å²) in [7, 11) is 0. The quantitative estimate of drug-likeness (QED) is 0.582. The normalized spacial score (nSPS) is 14.7. The van der Waals surface area contributed by atoms with Gasteiger partial charge in [0.05, 0.1) is 11.4 Å². The Morgan fingerprint density at radius 3 is 2.78 bits per heavy atom. The fourth-order valence-corrected chi connectivity index (χ4v) is 5.59. The fraction of sp³-hybridized carbons (Fsp3) is 0.429. The molecule has 0 unspecified atom stereocenters. The van der Waals surface area contributed by atoms with Gasteiger partial charge in [-0.3, -0.25) is 4.90 Å². The lowest BCUT2D eigenvalue weighted by atomic mass is 10.0. The summed E-state index contributed by atoms with van der Waals surface area (Å²) in [5, 5.41) is 5.68. The third-order valence-electron chi connectivity index (χ3n) is 5.48. The molecule has 0 saturated heterocycles. The summed E-state index contributed by atoms with van der Waals surface area (Å²) in [6.45, 7) is 7.11. The molecule has 1 aromatic carbocycles. The van der Waals surface area contributed by atoms with Crippen molar-refractivity contribution in [1.82, 2.24) is 14.9 Å². The lowest BCUT2D eigenvalue weighted by Crippen LogP contribution is -2.33. The average Bonchev–Trinajstić information content (AvgIpc) is 3.27. The van der Waals surface area contributed by atoms with E-state index in [0.717, 1.165) is 47.3 Å². The number of hydrogen-bond acceptors (Lipinski definition) is 5.